The summed E-state index contributed by atoms with van der Waals surface area (Å²) in [5.41, 5.74) is 0.0903. The van der Waals surface area contributed by atoms with E-state index in [9.17, 15) is 19.5 Å². The van der Waals surface area contributed by atoms with Crippen LogP contribution in [0.4, 0.5) is 5.69 Å². The van der Waals surface area contributed by atoms with Crippen molar-refractivity contribution >= 4 is 34.3 Å². The van der Waals surface area contributed by atoms with E-state index < -0.39 is 28.9 Å². The van der Waals surface area contributed by atoms with Crippen LogP contribution >= 0.6 is 0 Å². The molecule has 4 heterocycles. The van der Waals surface area contributed by atoms with E-state index in [4.69, 9.17) is 4.42 Å². The quantitative estimate of drug-likeness (QED) is 0.357. The molecular weight excluding hydrogens is 482 g/mol. The fraction of sp³-hybridized carbons (Fsp3) is 0.200. The number of ketones is 1. The third-order valence-corrected chi connectivity index (χ3v) is 7.27. The molecule has 2 amide bonds. The minimum atomic E-state index is -1.85. The van der Waals surface area contributed by atoms with Gasteiger partial charge in [0.05, 0.1) is 11.3 Å². The van der Waals surface area contributed by atoms with Crippen molar-refractivity contribution in [2.45, 2.75) is 31.8 Å². The summed E-state index contributed by atoms with van der Waals surface area (Å²) < 4.78 is 5.84. The van der Waals surface area contributed by atoms with Gasteiger partial charge in [-0.25, -0.2) is 0 Å². The average Bonchev–Trinajstić information content (AvgIpc) is 3.55. The number of aromatic nitrogens is 1. The van der Waals surface area contributed by atoms with Crippen LogP contribution < -0.4 is 4.90 Å². The molecule has 0 saturated carbocycles. The minimum absolute atomic E-state index is 0.0324. The highest BCUT2D eigenvalue weighted by molar-refractivity contribution is 6.26. The summed E-state index contributed by atoms with van der Waals surface area (Å²) in [6.45, 7) is 2.41. The topological polar surface area (TPSA) is 104 Å². The predicted octanol–water partition coefficient (Wildman–Crippen LogP) is 4.91. The summed E-state index contributed by atoms with van der Waals surface area (Å²) in [4.78, 5) is 49.4. The number of benzene rings is 2. The molecule has 2 aromatic carbocycles. The van der Waals surface area contributed by atoms with Gasteiger partial charge in [0, 0.05) is 36.4 Å². The predicted molar refractivity (Wildman–Crippen MR) is 140 cm³/mol. The number of hydrogen-bond donors (Lipinski definition) is 1. The number of fused-ring (bicyclic) bond motifs is 3. The maximum Gasteiger partial charge on any atom is 0.290 e. The Morgan fingerprint density at radius 2 is 1.84 bits per heavy atom. The molecule has 2 aliphatic rings. The van der Waals surface area contributed by atoms with Gasteiger partial charge in [0.2, 0.25) is 5.78 Å². The summed E-state index contributed by atoms with van der Waals surface area (Å²) >= 11 is 0. The van der Waals surface area contributed by atoms with Gasteiger partial charge in [0.25, 0.3) is 11.8 Å². The number of furan rings is 1. The number of unbranched alkanes of at least 4 members (excludes halogenated alkanes) is 1. The number of hydrogen-bond acceptors (Lipinski definition) is 6. The standard InChI is InChI=1S/C30H25N3O5/c1-2-3-15-32-22-12-6-5-11-21(22)30(29(32)37)25(26(34)24-16-20-10-4-7-13-23(20)38-24)27(35)28(36)33(30)18-19-9-8-14-31-17-19/h4-14,16-17,35H,2-3,15,18H2,1H3. The smallest absolute Gasteiger partial charge is 0.290 e. The van der Waals surface area contributed by atoms with Crippen molar-refractivity contribution in [1.82, 2.24) is 9.88 Å². The number of para-hydroxylation sites is 2. The molecule has 1 atom stereocenters. The number of anilines is 1. The second-order valence-electron chi connectivity index (χ2n) is 9.49. The van der Waals surface area contributed by atoms with Crippen molar-refractivity contribution in [2.24, 2.45) is 0 Å². The molecule has 0 fully saturated rings. The van der Waals surface area contributed by atoms with Crippen molar-refractivity contribution in [1.29, 1.82) is 0 Å². The maximum absolute atomic E-state index is 14.5. The van der Waals surface area contributed by atoms with Crippen LogP contribution in [0.25, 0.3) is 11.0 Å². The molecule has 2 aliphatic heterocycles. The van der Waals surface area contributed by atoms with Gasteiger partial charge in [-0.15, -0.1) is 0 Å². The minimum Gasteiger partial charge on any atom is -0.503 e. The van der Waals surface area contributed by atoms with Crippen molar-refractivity contribution in [2.75, 3.05) is 11.4 Å². The molecule has 6 rings (SSSR count). The highest BCUT2D eigenvalue weighted by Crippen LogP contribution is 2.54. The molecule has 8 nitrogen and oxygen atoms in total. The fourth-order valence-corrected chi connectivity index (χ4v) is 5.52. The van der Waals surface area contributed by atoms with Crippen LogP contribution in [-0.2, 0) is 21.7 Å². The van der Waals surface area contributed by atoms with Crippen LogP contribution in [0.1, 0.15) is 41.4 Å². The summed E-state index contributed by atoms with van der Waals surface area (Å²) in [6, 6.07) is 19.4. The second-order valence-corrected chi connectivity index (χ2v) is 9.49. The van der Waals surface area contributed by atoms with Crippen LogP contribution in [0.15, 0.2) is 94.9 Å². The van der Waals surface area contributed by atoms with Gasteiger partial charge in [-0.2, -0.15) is 0 Å². The molecule has 190 valence electrons. The normalized spacial score (nSPS) is 18.8. The van der Waals surface area contributed by atoms with E-state index in [1.54, 1.807) is 65.8 Å². The summed E-state index contributed by atoms with van der Waals surface area (Å²) in [6.07, 6.45) is 4.79. The molecule has 0 aliphatic carbocycles. The lowest BCUT2D eigenvalue weighted by Gasteiger charge is -2.35. The van der Waals surface area contributed by atoms with Gasteiger partial charge < -0.3 is 19.3 Å². The van der Waals surface area contributed by atoms with Crippen molar-refractivity contribution in [3.05, 3.63) is 107 Å². The van der Waals surface area contributed by atoms with E-state index in [0.717, 1.165) is 12.8 Å². The lowest BCUT2D eigenvalue weighted by atomic mass is 9.81. The van der Waals surface area contributed by atoms with E-state index in [0.29, 0.717) is 34.3 Å². The Kier molecular flexibility index (Phi) is 5.60. The SMILES string of the molecule is CCCCN1C(=O)C2(C(C(=O)c3cc4ccccc4o3)=C(O)C(=O)N2Cc2cccnc2)c2ccccc21. The van der Waals surface area contributed by atoms with Gasteiger partial charge in [0.15, 0.2) is 17.1 Å². The monoisotopic (exact) mass is 507 g/mol. The van der Waals surface area contributed by atoms with Crippen LogP contribution in [0.3, 0.4) is 0 Å². The molecule has 2 aromatic heterocycles. The fourth-order valence-electron chi connectivity index (χ4n) is 5.52. The highest BCUT2D eigenvalue weighted by Gasteiger charge is 2.66. The zero-order valence-corrected chi connectivity index (χ0v) is 20.8. The van der Waals surface area contributed by atoms with Gasteiger partial charge in [-0.05, 0) is 36.2 Å². The Morgan fingerprint density at radius 3 is 2.61 bits per heavy atom. The van der Waals surface area contributed by atoms with Crippen LogP contribution in [0.2, 0.25) is 0 Å². The molecule has 0 bridgehead atoms. The number of pyridine rings is 1. The third-order valence-electron chi connectivity index (χ3n) is 7.27. The molecule has 0 radical (unpaired) electrons. The lowest BCUT2D eigenvalue weighted by molar-refractivity contribution is -0.140. The molecule has 1 N–H and O–H groups in total. The summed E-state index contributed by atoms with van der Waals surface area (Å²) in [5.74, 6) is -2.76. The Labute approximate surface area is 218 Å². The van der Waals surface area contributed by atoms with E-state index in [1.165, 1.54) is 4.90 Å². The lowest BCUT2D eigenvalue weighted by Crippen LogP contribution is -2.53. The maximum atomic E-state index is 14.5. The first-order valence-electron chi connectivity index (χ1n) is 12.6. The number of carbonyl (C=O) groups is 3. The van der Waals surface area contributed by atoms with Crippen LogP contribution in [0, 0.1) is 0 Å². The number of Topliss-reactive ketones (excluding diaryl/α,β-unsaturated/α-hetero) is 1. The van der Waals surface area contributed by atoms with Crippen molar-refractivity contribution in [3.8, 4) is 0 Å². The molecule has 4 aromatic rings. The summed E-state index contributed by atoms with van der Waals surface area (Å²) in [7, 11) is 0. The number of nitrogens with zero attached hydrogens (tertiary/aromatic N) is 3. The Bertz CT molecular complexity index is 1590. The molecule has 0 saturated heterocycles. The molecule has 1 spiro atoms. The Morgan fingerprint density at radius 1 is 1.05 bits per heavy atom. The first-order chi connectivity index (χ1) is 18.5. The van der Waals surface area contributed by atoms with Crippen molar-refractivity contribution in [3.63, 3.8) is 0 Å². The number of aliphatic hydroxyl groups is 1. The van der Waals surface area contributed by atoms with Gasteiger partial charge in [-0.1, -0.05) is 55.8 Å². The zero-order chi connectivity index (χ0) is 26.4. The van der Waals surface area contributed by atoms with E-state index in [1.807, 2.05) is 25.1 Å². The zero-order valence-electron chi connectivity index (χ0n) is 20.8. The first kappa shape index (κ1) is 23.7. The van der Waals surface area contributed by atoms with E-state index in [-0.39, 0.29) is 17.9 Å². The Hall–Kier alpha value is -4.72. The largest absolute Gasteiger partial charge is 0.503 e. The number of amides is 2. The number of aliphatic hydroxyl groups excluding tert-OH is 1. The number of carbonyl (C=O) groups excluding carboxylic acids is 3. The number of rotatable bonds is 7. The first-order valence-corrected chi connectivity index (χ1v) is 12.6. The third kappa shape index (κ3) is 3.30. The molecule has 1 unspecified atom stereocenters. The molecular formula is C30H25N3O5. The van der Waals surface area contributed by atoms with E-state index in [2.05, 4.69) is 4.98 Å². The second kappa shape index (κ2) is 8.99. The van der Waals surface area contributed by atoms with Crippen molar-refractivity contribution < 1.29 is 23.9 Å². The molecule has 38 heavy (non-hydrogen) atoms. The van der Waals surface area contributed by atoms with Crippen LogP contribution in [0.5, 0.6) is 0 Å². The van der Waals surface area contributed by atoms with Crippen LogP contribution in [-0.4, -0.2) is 39.1 Å². The van der Waals surface area contributed by atoms with Gasteiger partial charge in [-0.3, -0.25) is 19.4 Å². The summed E-state index contributed by atoms with van der Waals surface area (Å²) in [5, 5.41) is 12.0. The van der Waals surface area contributed by atoms with Gasteiger partial charge in [0.1, 0.15) is 5.58 Å². The average molecular weight is 508 g/mol. The van der Waals surface area contributed by atoms with E-state index >= 15 is 0 Å². The molecule has 8 heteroatoms. The highest BCUT2D eigenvalue weighted by atomic mass is 16.3. The Balaban J connectivity index is 1.58. The van der Waals surface area contributed by atoms with Gasteiger partial charge >= 0.3 is 0 Å².